The molecule has 1 N–H and O–H groups in total. The molecule has 0 heterocycles. The van der Waals surface area contributed by atoms with Crippen LogP contribution in [-0.2, 0) is 23.9 Å². The maximum absolute atomic E-state index is 12.7. The molecule has 150 valence electrons. The maximum atomic E-state index is 12.7. The van der Waals surface area contributed by atoms with Gasteiger partial charge in [-0.3, -0.25) is 14.4 Å². The molecular formula is C21H31NO5. The van der Waals surface area contributed by atoms with Crippen molar-refractivity contribution in [2.24, 2.45) is 5.92 Å². The van der Waals surface area contributed by atoms with E-state index in [1.165, 1.54) is 21.1 Å². The molecule has 1 amide bonds. The lowest BCUT2D eigenvalue weighted by Crippen LogP contribution is -2.26. The molecule has 1 atom stereocenters. The van der Waals surface area contributed by atoms with Crippen molar-refractivity contribution in [3.63, 3.8) is 0 Å². The van der Waals surface area contributed by atoms with Crippen LogP contribution in [0.1, 0.15) is 64.7 Å². The number of carbonyl (C=O) groups excluding carboxylic acids is 3. The highest BCUT2D eigenvalue weighted by Crippen LogP contribution is 2.42. The lowest BCUT2D eigenvalue weighted by atomic mass is 9.87. The Hall–Kier alpha value is -2.11. The first-order chi connectivity index (χ1) is 13.0. The van der Waals surface area contributed by atoms with Gasteiger partial charge >= 0.3 is 0 Å². The average molecular weight is 377 g/mol. The monoisotopic (exact) mass is 377 g/mol. The van der Waals surface area contributed by atoms with E-state index in [0.717, 1.165) is 57.9 Å². The van der Waals surface area contributed by atoms with Crippen LogP contribution in [0.5, 0.6) is 0 Å². The Morgan fingerprint density at radius 2 is 1.56 bits per heavy atom. The Balaban J connectivity index is 1.75. The number of allylic oxidation sites excluding steroid dienone is 2. The van der Waals surface area contributed by atoms with Crippen LogP contribution in [0.2, 0.25) is 0 Å². The first-order valence-corrected chi connectivity index (χ1v) is 9.90. The minimum absolute atomic E-state index is 0.0278. The minimum atomic E-state index is -0.189. The van der Waals surface area contributed by atoms with E-state index >= 15 is 0 Å². The fourth-order valence-electron chi connectivity index (χ4n) is 4.01. The summed E-state index contributed by atoms with van der Waals surface area (Å²) >= 11 is 0. The second-order valence-corrected chi connectivity index (χ2v) is 7.25. The predicted molar refractivity (Wildman–Crippen MR) is 102 cm³/mol. The molecule has 6 nitrogen and oxygen atoms in total. The van der Waals surface area contributed by atoms with Crippen molar-refractivity contribution in [1.29, 1.82) is 0 Å². The largest absolute Gasteiger partial charge is 0.489 e. The van der Waals surface area contributed by atoms with Crippen LogP contribution in [-0.4, -0.2) is 38.2 Å². The Bertz CT molecular complexity index is 647. The van der Waals surface area contributed by atoms with Crippen LogP contribution in [0.15, 0.2) is 22.7 Å². The summed E-state index contributed by atoms with van der Waals surface area (Å²) < 4.78 is 10.3. The molecule has 0 spiro atoms. The van der Waals surface area contributed by atoms with Gasteiger partial charge in [-0.05, 0) is 31.6 Å². The number of carbonyl (C=O) groups is 3. The topological polar surface area (TPSA) is 81.7 Å². The number of ketones is 2. The van der Waals surface area contributed by atoms with Gasteiger partial charge < -0.3 is 14.8 Å². The summed E-state index contributed by atoms with van der Waals surface area (Å²) in [6.45, 7) is 2.29. The molecule has 0 aliphatic heterocycles. The number of methoxy groups -OCH3 is 2. The van der Waals surface area contributed by atoms with Crippen molar-refractivity contribution < 1.29 is 23.9 Å². The van der Waals surface area contributed by atoms with E-state index in [4.69, 9.17) is 9.47 Å². The highest BCUT2D eigenvalue weighted by molar-refractivity contribution is 6.24. The van der Waals surface area contributed by atoms with Crippen LogP contribution in [0.4, 0.5) is 0 Å². The Labute approximate surface area is 161 Å². The molecule has 0 bridgehead atoms. The molecule has 27 heavy (non-hydrogen) atoms. The molecule has 2 aliphatic carbocycles. The summed E-state index contributed by atoms with van der Waals surface area (Å²) in [4.78, 5) is 36.1. The third-order valence-electron chi connectivity index (χ3n) is 5.38. The number of ether oxygens (including phenoxy) is 2. The fourth-order valence-corrected chi connectivity index (χ4v) is 4.01. The number of hydrogen-bond acceptors (Lipinski definition) is 5. The van der Waals surface area contributed by atoms with Gasteiger partial charge in [0.15, 0.2) is 0 Å². The van der Waals surface area contributed by atoms with E-state index < -0.39 is 0 Å². The zero-order valence-electron chi connectivity index (χ0n) is 16.7. The maximum Gasteiger partial charge on any atom is 0.228 e. The summed E-state index contributed by atoms with van der Waals surface area (Å²) in [7, 11) is 2.80. The second-order valence-electron chi connectivity index (χ2n) is 7.25. The average Bonchev–Trinajstić information content (AvgIpc) is 3.07. The molecular weight excluding hydrogens is 346 g/mol. The Morgan fingerprint density at radius 3 is 2.19 bits per heavy atom. The standard InChI is InChI=1S/C21H31NO5/c1-14(23)22-13-9-7-5-4-6-8-10-15-11-12-16-17(15)19(25)21(27-3)20(26-2)18(16)24/h15H,4-13H2,1-3H3,(H,22,23). The lowest BCUT2D eigenvalue weighted by molar-refractivity contribution is -0.121. The third kappa shape index (κ3) is 5.21. The van der Waals surface area contributed by atoms with Gasteiger partial charge in [-0.2, -0.15) is 0 Å². The van der Waals surface area contributed by atoms with Crippen LogP contribution in [0.3, 0.4) is 0 Å². The number of Topliss-reactive ketones (excluding diaryl/α,β-unsaturated/α-hetero) is 2. The summed E-state index contributed by atoms with van der Waals surface area (Å²) in [5, 5.41) is 2.81. The highest BCUT2D eigenvalue weighted by atomic mass is 16.5. The van der Waals surface area contributed by atoms with Crippen molar-refractivity contribution in [3.8, 4) is 0 Å². The van der Waals surface area contributed by atoms with Gasteiger partial charge in [0, 0.05) is 24.6 Å². The molecule has 1 unspecified atom stereocenters. The zero-order chi connectivity index (χ0) is 19.8. The normalized spacial score (nSPS) is 19.4. The molecule has 0 radical (unpaired) electrons. The SMILES string of the molecule is COC1=C(OC)C(=O)C2=C(CCC2CCCCCCCCNC(C)=O)C1=O. The van der Waals surface area contributed by atoms with E-state index in [-0.39, 0.29) is 34.9 Å². The number of amides is 1. The van der Waals surface area contributed by atoms with E-state index in [9.17, 15) is 14.4 Å². The van der Waals surface area contributed by atoms with Gasteiger partial charge in [-0.1, -0.05) is 32.1 Å². The predicted octanol–water partition coefficient (Wildman–Crippen LogP) is 3.22. The quantitative estimate of drug-likeness (QED) is 0.442. The van der Waals surface area contributed by atoms with Crippen molar-refractivity contribution >= 4 is 17.5 Å². The molecule has 0 aromatic carbocycles. The van der Waals surface area contributed by atoms with Gasteiger partial charge in [0.25, 0.3) is 0 Å². The summed E-state index contributed by atoms with van der Waals surface area (Å²) in [5.41, 5.74) is 1.29. The number of rotatable bonds is 11. The molecule has 2 aliphatic rings. The first-order valence-electron chi connectivity index (χ1n) is 9.90. The van der Waals surface area contributed by atoms with Gasteiger partial charge in [0.05, 0.1) is 14.2 Å². The van der Waals surface area contributed by atoms with Crippen LogP contribution < -0.4 is 5.32 Å². The molecule has 6 heteroatoms. The number of nitrogens with one attached hydrogen (secondary N) is 1. The Kier molecular flexibility index (Phi) is 8.07. The van der Waals surface area contributed by atoms with Crippen LogP contribution in [0.25, 0.3) is 0 Å². The molecule has 0 aromatic heterocycles. The molecule has 0 saturated carbocycles. The highest BCUT2D eigenvalue weighted by Gasteiger charge is 2.42. The molecule has 2 rings (SSSR count). The van der Waals surface area contributed by atoms with E-state index in [2.05, 4.69) is 5.32 Å². The van der Waals surface area contributed by atoms with Crippen molar-refractivity contribution in [2.45, 2.75) is 64.7 Å². The lowest BCUT2D eigenvalue weighted by Gasteiger charge is -2.21. The summed E-state index contributed by atoms with van der Waals surface area (Å²) in [6.07, 6.45) is 9.06. The van der Waals surface area contributed by atoms with Crippen LogP contribution >= 0.6 is 0 Å². The Morgan fingerprint density at radius 1 is 0.963 bits per heavy atom. The van der Waals surface area contributed by atoms with Gasteiger partial charge in [-0.25, -0.2) is 0 Å². The van der Waals surface area contributed by atoms with Gasteiger partial charge in [0.1, 0.15) is 0 Å². The molecule has 0 saturated heterocycles. The second kappa shape index (κ2) is 10.3. The van der Waals surface area contributed by atoms with Crippen molar-refractivity contribution in [2.75, 3.05) is 20.8 Å². The molecule has 0 aromatic rings. The smallest absolute Gasteiger partial charge is 0.228 e. The van der Waals surface area contributed by atoms with E-state index in [1.54, 1.807) is 0 Å². The van der Waals surface area contributed by atoms with Gasteiger partial charge in [-0.15, -0.1) is 0 Å². The number of hydrogen-bond donors (Lipinski definition) is 1. The first kappa shape index (κ1) is 21.2. The summed E-state index contributed by atoms with van der Waals surface area (Å²) in [6, 6.07) is 0. The number of unbranched alkanes of at least 4 members (excludes halogenated alkanes) is 5. The minimum Gasteiger partial charge on any atom is -0.489 e. The fraction of sp³-hybridized carbons (Fsp3) is 0.667. The van der Waals surface area contributed by atoms with E-state index in [0.29, 0.717) is 17.6 Å². The molecule has 0 fully saturated rings. The van der Waals surface area contributed by atoms with Crippen molar-refractivity contribution in [1.82, 2.24) is 5.32 Å². The van der Waals surface area contributed by atoms with Crippen molar-refractivity contribution in [3.05, 3.63) is 22.7 Å². The van der Waals surface area contributed by atoms with Gasteiger partial charge in [0.2, 0.25) is 29.0 Å². The van der Waals surface area contributed by atoms with E-state index in [1.807, 2.05) is 0 Å². The zero-order valence-corrected chi connectivity index (χ0v) is 16.7. The van der Waals surface area contributed by atoms with Crippen LogP contribution in [0, 0.1) is 5.92 Å². The third-order valence-corrected chi connectivity index (χ3v) is 5.38. The summed E-state index contributed by atoms with van der Waals surface area (Å²) in [5.74, 6) is -0.0941.